The van der Waals surface area contributed by atoms with Crippen LogP contribution in [0.15, 0.2) is 60.7 Å². The molecule has 3 aromatic rings. The number of halogens is 3. The van der Waals surface area contributed by atoms with Gasteiger partial charge in [-0.15, -0.1) is 0 Å². The standard InChI is InChI=1S/C19H10F3NO2/c20-19(21,22)12-7-9-13(10-8-12)23-17(24)14-5-1-3-11-4-2-6-15(16(11)14)18(23)25/h1-10H. The molecule has 0 atom stereocenters. The van der Waals surface area contributed by atoms with Crippen molar-refractivity contribution >= 4 is 28.3 Å². The second-order valence-corrected chi connectivity index (χ2v) is 5.70. The molecule has 6 heteroatoms. The molecule has 0 aliphatic carbocycles. The number of hydrogen-bond acceptors (Lipinski definition) is 2. The van der Waals surface area contributed by atoms with Gasteiger partial charge < -0.3 is 0 Å². The molecule has 0 unspecified atom stereocenters. The number of hydrogen-bond donors (Lipinski definition) is 0. The van der Waals surface area contributed by atoms with E-state index in [2.05, 4.69) is 0 Å². The summed E-state index contributed by atoms with van der Waals surface area (Å²) in [5, 5.41) is 1.34. The maximum Gasteiger partial charge on any atom is 0.416 e. The van der Waals surface area contributed by atoms with Crippen LogP contribution in [-0.2, 0) is 6.18 Å². The van der Waals surface area contributed by atoms with Crippen LogP contribution in [0, 0.1) is 0 Å². The highest BCUT2D eigenvalue weighted by Crippen LogP contribution is 2.34. The molecule has 0 saturated carbocycles. The van der Waals surface area contributed by atoms with E-state index in [0.29, 0.717) is 16.5 Å². The van der Waals surface area contributed by atoms with Crippen LogP contribution in [0.3, 0.4) is 0 Å². The largest absolute Gasteiger partial charge is 0.416 e. The van der Waals surface area contributed by atoms with Crippen molar-refractivity contribution in [1.29, 1.82) is 0 Å². The van der Waals surface area contributed by atoms with Crippen molar-refractivity contribution in [3.05, 3.63) is 77.4 Å². The van der Waals surface area contributed by atoms with Crippen LogP contribution in [0.1, 0.15) is 26.3 Å². The molecular weight excluding hydrogens is 331 g/mol. The summed E-state index contributed by atoms with van der Waals surface area (Å²) in [6.07, 6.45) is -4.48. The van der Waals surface area contributed by atoms with Crippen LogP contribution in [0.5, 0.6) is 0 Å². The van der Waals surface area contributed by atoms with Crippen molar-refractivity contribution in [2.24, 2.45) is 0 Å². The minimum Gasteiger partial charge on any atom is -0.268 e. The van der Waals surface area contributed by atoms with Crippen LogP contribution >= 0.6 is 0 Å². The minimum atomic E-state index is -4.48. The molecule has 0 radical (unpaired) electrons. The number of nitrogens with zero attached hydrogens (tertiary/aromatic N) is 1. The second-order valence-electron chi connectivity index (χ2n) is 5.70. The Morgan fingerprint density at radius 3 is 1.72 bits per heavy atom. The highest BCUT2D eigenvalue weighted by Gasteiger charge is 2.35. The lowest BCUT2D eigenvalue weighted by Gasteiger charge is -2.27. The number of rotatable bonds is 1. The number of carbonyl (C=O) groups excluding carboxylic acids is 2. The van der Waals surface area contributed by atoms with Crippen molar-refractivity contribution < 1.29 is 22.8 Å². The van der Waals surface area contributed by atoms with E-state index in [4.69, 9.17) is 0 Å². The van der Waals surface area contributed by atoms with Crippen molar-refractivity contribution in [2.45, 2.75) is 6.18 Å². The monoisotopic (exact) mass is 341 g/mol. The molecule has 124 valence electrons. The summed E-state index contributed by atoms with van der Waals surface area (Å²) >= 11 is 0. The van der Waals surface area contributed by atoms with Crippen LogP contribution in [0.4, 0.5) is 18.9 Å². The SMILES string of the molecule is O=C1c2cccc3cccc(c23)C(=O)N1c1ccc(C(F)(F)F)cc1. The first-order chi connectivity index (χ1) is 11.9. The molecule has 2 amide bonds. The summed E-state index contributed by atoms with van der Waals surface area (Å²) in [4.78, 5) is 26.5. The summed E-state index contributed by atoms with van der Waals surface area (Å²) in [5.41, 5.74) is -0.0228. The first-order valence-electron chi connectivity index (χ1n) is 7.46. The summed E-state index contributed by atoms with van der Waals surface area (Å²) < 4.78 is 38.2. The zero-order valence-electron chi connectivity index (χ0n) is 12.7. The van der Waals surface area contributed by atoms with E-state index < -0.39 is 23.6 Å². The van der Waals surface area contributed by atoms with Crippen LogP contribution in [0.2, 0.25) is 0 Å². The Bertz CT molecular complexity index is 972. The smallest absolute Gasteiger partial charge is 0.268 e. The van der Waals surface area contributed by atoms with Gasteiger partial charge in [-0.25, -0.2) is 4.90 Å². The van der Waals surface area contributed by atoms with Gasteiger partial charge in [0.2, 0.25) is 0 Å². The molecule has 0 saturated heterocycles. The summed E-state index contributed by atoms with van der Waals surface area (Å²) in [5.74, 6) is -1.09. The molecule has 0 fully saturated rings. The lowest BCUT2D eigenvalue weighted by atomic mass is 9.93. The van der Waals surface area contributed by atoms with Crippen molar-refractivity contribution in [2.75, 3.05) is 4.90 Å². The topological polar surface area (TPSA) is 37.4 Å². The predicted molar refractivity (Wildman–Crippen MR) is 86.5 cm³/mol. The summed E-state index contributed by atoms with van der Waals surface area (Å²) in [6.45, 7) is 0. The summed E-state index contributed by atoms with van der Waals surface area (Å²) in [6, 6.07) is 14.2. The Morgan fingerprint density at radius 2 is 1.24 bits per heavy atom. The number of anilines is 1. The molecule has 3 aromatic carbocycles. The maximum atomic E-state index is 12.8. The number of benzene rings is 3. The average molecular weight is 341 g/mol. The number of imide groups is 1. The quantitative estimate of drug-likeness (QED) is 0.604. The normalized spacial score (nSPS) is 14.3. The molecule has 3 nitrogen and oxygen atoms in total. The van der Waals surface area contributed by atoms with Gasteiger partial charge in [0.1, 0.15) is 0 Å². The van der Waals surface area contributed by atoms with Crippen LogP contribution in [-0.4, -0.2) is 11.8 Å². The second kappa shape index (κ2) is 5.17. The molecule has 1 heterocycles. The molecule has 0 bridgehead atoms. The molecule has 0 N–H and O–H groups in total. The van der Waals surface area contributed by atoms with Crippen molar-refractivity contribution in [3.63, 3.8) is 0 Å². The maximum absolute atomic E-state index is 12.8. The van der Waals surface area contributed by atoms with Crippen LogP contribution in [0.25, 0.3) is 10.8 Å². The molecule has 0 spiro atoms. The lowest BCUT2D eigenvalue weighted by Crippen LogP contribution is -2.40. The van der Waals surface area contributed by atoms with Gasteiger partial charge in [-0.3, -0.25) is 9.59 Å². The van der Waals surface area contributed by atoms with E-state index in [1.54, 1.807) is 36.4 Å². The van der Waals surface area contributed by atoms with Gasteiger partial charge in [0, 0.05) is 16.5 Å². The van der Waals surface area contributed by atoms with Gasteiger partial charge in [-0.05, 0) is 41.8 Å². The highest BCUT2D eigenvalue weighted by molar-refractivity contribution is 6.35. The Labute approximate surface area is 140 Å². The zero-order valence-corrected chi connectivity index (χ0v) is 12.7. The molecule has 1 aliphatic rings. The van der Waals surface area contributed by atoms with E-state index in [1.807, 2.05) is 0 Å². The Balaban J connectivity index is 1.85. The van der Waals surface area contributed by atoms with Gasteiger partial charge in [-0.2, -0.15) is 13.2 Å². The number of amides is 2. The molecule has 4 rings (SSSR count). The van der Waals surface area contributed by atoms with E-state index in [-0.39, 0.29) is 5.69 Å². The first kappa shape index (κ1) is 15.4. The molecule has 0 aromatic heterocycles. The third-order valence-electron chi connectivity index (χ3n) is 4.22. The predicted octanol–water partition coefficient (Wildman–Crippen LogP) is 4.66. The number of alkyl halides is 3. The lowest BCUT2D eigenvalue weighted by molar-refractivity contribution is -0.137. The fourth-order valence-corrected chi connectivity index (χ4v) is 3.06. The third kappa shape index (κ3) is 2.29. The average Bonchev–Trinajstić information content (AvgIpc) is 2.59. The van der Waals surface area contributed by atoms with Gasteiger partial charge in [0.25, 0.3) is 11.8 Å². The van der Waals surface area contributed by atoms with Crippen molar-refractivity contribution in [1.82, 2.24) is 0 Å². The first-order valence-corrected chi connectivity index (χ1v) is 7.46. The van der Waals surface area contributed by atoms with E-state index in [1.165, 1.54) is 0 Å². The Hall–Kier alpha value is -3.15. The summed E-state index contributed by atoms with van der Waals surface area (Å²) in [7, 11) is 0. The molecular formula is C19H10F3NO2. The van der Waals surface area contributed by atoms with E-state index in [9.17, 15) is 22.8 Å². The zero-order chi connectivity index (χ0) is 17.8. The van der Waals surface area contributed by atoms with Gasteiger partial charge in [0.05, 0.1) is 11.3 Å². The van der Waals surface area contributed by atoms with Crippen molar-refractivity contribution in [3.8, 4) is 0 Å². The minimum absolute atomic E-state index is 0.106. The van der Waals surface area contributed by atoms with Gasteiger partial charge in [-0.1, -0.05) is 24.3 Å². The van der Waals surface area contributed by atoms with Crippen LogP contribution < -0.4 is 4.90 Å². The Morgan fingerprint density at radius 1 is 0.720 bits per heavy atom. The highest BCUT2D eigenvalue weighted by atomic mass is 19.4. The van der Waals surface area contributed by atoms with Gasteiger partial charge >= 0.3 is 6.18 Å². The van der Waals surface area contributed by atoms with Gasteiger partial charge in [0.15, 0.2) is 0 Å². The Kier molecular flexibility index (Phi) is 3.18. The molecule has 1 aliphatic heterocycles. The van der Waals surface area contributed by atoms with E-state index >= 15 is 0 Å². The number of carbonyl (C=O) groups is 2. The fraction of sp³-hybridized carbons (Fsp3) is 0.0526. The third-order valence-corrected chi connectivity index (χ3v) is 4.22. The molecule has 25 heavy (non-hydrogen) atoms. The fourth-order valence-electron chi connectivity index (χ4n) is 3.06. The van der Waals surface area contributed by atoms with E-state index in [0.717, 1.165) is 34.6 Å².